The van der Waals surface area contributed by atoms with Crippen molar-refractivity contribution in [3.8, 4) is 11.5 Å². The minimum atomic E-state index is -1.97. The molecule has 1 saturated heterocycles. The van der Waals surface area contributed by atoms with E-state index < -0.39 is 41.0 Å². The minimum Gasteiger partial charge on any atom is -0.497 e. The molecule has 1 spiro atoms. The number of rotatable bonds is 8. The second-order valence-corrected chi connectivity index (χ2v) is 15.7. The van der Waals surface area contributed by atoms with Gasteiger partial charge >= 0.3 is 0 Å². The zero-order valence-electron chi connectivity index (χ0n) is 33.8. The summed E-state index contributed by atoms with van der Waals surface area (Å²) in [7, 11) is 3.19. The van der Waals surface area contributed by atoms with Crippen LogP contribution < -0.4 is 19.3 Å². The molecule has 2 heterocycles. The van der Waals surface area contributed by atoms with Gasteiger partial charge in [-0.25, -0.2) is 5.01 Å². The van der Waals surface area contributed by atoms with Crippen molar-refractivity contribution in [3.05, 3.63) is 198 Å². The van der Waals surface area contributed by atoms with E-state index in [1.165, 1.54) is 21.7 Å². The third kappa shape index (κ3) is 6.51. The molecule has 1 saturated carbocycles. The normalized spacial score (nSPS) is 21.4. The van der Waals surface area contributed by atoms with Crippen LogP contribution in [0, 0.1) is 11.3 Å². The van der Waals surface area contributed by atoms with Crippen LogP contribution in [0.25, 0.3) is 6.08 Å². The van der Waals surface area contributed by atoms with Crippen molar-refractivity contribution in [1.82, 2.24) is 5.01 Å². The van der Waals surface area contributed by atoms with E-state index in [4.69, 9.17) is 26.8 Å². The summed E-state index contributed by atoms with van der Waals surface area (Å²) in [6.45, 7) is 1.50. The van der Waals surface area contributed by atoms with Crippen LogP contribution in [0.3, 0.4) is 0 Å². The van der Waals surface area contributed by atoms with Crippen molar-refractivity contribution in [2.75, 3.05) is 24.0 Å². The average Bonchev–Trinajstić information content (AvgIpc) is 3.71. The number of para-hydroxylation sites is 2. The molecular weight excluding hydrogens is 781 g/mol. The lowest BCUT2D eigenvalue weighted by molar-refractivity contribution is -0.145. The Labute approximate surface area is 360 Å². The number of amides is 3. The van der Waals surface area contributed by atoms with E-state index in [1.807, 2.05) is 176 Å². The van der Waals surface area contributed by atoms with Crippen LogP contribution in [-0.2, 0) is 14.4 Å². The van der Waals surface area contributed by atoms with Gasteiger partial charge in [-0.3, -0.25) is 24.2 Å². The lowest BCUT2D eigenvalue weighted by atomic mass is 9.48. The molecule has 4 atom stereocenters. The molecule has 4 unspecified atom stereocenters. The molecule has 1 aliphatic carbocycles. The van der Waals surface area contributed by atoms with Crippen LogP contribution in [0.1, 0.15) is 47.1 Å². The summed E-state index contributed by atoms with van der Waals surface area (Å²) in [5.74, 6) is -2.69. The summed E-state index contributed by atoms with van der Waals surface area (Å²) in [4.78, 5) is 50.6. The van der Waals surface area contributed by atoms with E-state index >= 15 is 9.59 Å². The van der Waals surface area contributed by atoms with E-state index in [-0.39, 0.29) is 11.0 Å². The second-order valence-electron chi connectivity index (χ2n) is 15.3. The number of methoxy groups -OCH3 is 2. The smallest absolute Gasteiger partial charge is 0.250 e. The van der Waals surface area contributed by atoms with Gasteiger partial charge in [-0.1, -0.05) is 121 Å². The average molecular weight is 823 g/mol. The lowest BCUT2D eigenvalue weighted by Crippen LogP contribution is -2.71. The molecule has 3 amide bonds. The second kappa shape index (κ2) is 16.1. The zero-order valence-corrected chi connectivity index (χ0v) is 34.6. The highest BCUT2D eigenvalue weighted by atomic mass is 32.1. The third-order valence-corrected chi connectivity index (χ3v) is 12.4. The summed E-state index contributed by atoms with van der Waals surface area (Å²) < 4.78 is 11.3. The molecule has 6 aromatic rings. The highest BCUT2D eigenvalue weighted by molar-refractivity contribution is 7.81. The maximum absolute atomic E-state index is 16.8. The fourth-order valence-corrected chi connectivity index (χ4v) is 9.90. The van der Waals surface area contributed by atoms with E-state index in [1.54, 1.807) is 14.2 Å². The van der Waals surface area contributed by atoms with Gasteiger partial charge in [-0.2, -0.15) is 5.10 Å². The highest BCUT2D eigenvalue weighted by Crippen LogP contribution is 2.66. The largest absolute Gasteiger partial charge is 0.497 e. The summed E-state index contributed by atoms with van der Waals surface area (Å²) in [5, 5.41) is 6.83. The number of carbonyl (C=O) groups excluding carboxylic acids is 3. The molecule has 10 heteroatoms. The fraction of sp³-hybridized carbons (Fsp3) is 0.157. The number of allylic oxidation sites excluding steroid dienone is 1. The number of carbonyl (C=O) groups is 3. The SMILES string of the molecule is COc1ccc(C2/C(=C/c3ccccc3)C3=NN(C(C)=O)C(c4ccccc4)C3C(c3ccc(OC)cc3)C23C(=O)N(c2ccccc2)C(=S)N(c2ccccc2)C3=O)cc1. The lowest BCUT2D eigenvalue weighted by Gasteiger charge is -2.57. The Bertz CT molecular complexity index is 2610. The summed E-state index contributed by atoms with van der Waals surface area (Å²) in [5.41, 5.74) is 3.29. The number of anilines is 2. The molecular formula is C51H42N4O5S. The molecule has 3 aliphatic rings. The standard InChI is InChI=1S/C51H42N4O5S/c1-33(56)55-47(37-18-10-5-11-19-37)43-45(36-26-30-41(60-3)31-27-36)51(44(35-24-28-40(59-2)29-25-35)42(46(43)52-55)32-34-16-8-4-9-17-34)48(57)53(38-20-12-6-13-21-38)50(61)54(49(51)58)39-22-14-7-15-23-39/h4-32,43-45,47H,1-3H3/b42-32-. The minimum absolute atomic E-state index is 0.0319. The van der Waals surface area contributed by atoms with Crippen LogP contribution in [0.2, 0.25) is 0 Å². The van der Waals surface area contributed by atoms with Crippen LogP contribution in [0.15, 0.2) is 181 Å². The number of hydrogen-bond acceptors (Lipinski definition) is 7. The molecule has 0 radical (unpaired) electrons. The van der Waals surface area contributed by atoms with Gasteiger partial charge in [0, 0.05) is 24.7 Å². The maximum Gasteiger partial charge on any atom is 0.250 e. The summed E-state index contributed by atoms with van der Waals surface area (Å²) >= 11 is 6.26. The third-order valence-electron chi connectivity index (χ3n) is 12.1. The zero-order chi connectivity index (χ0) is 42.3. The first-order valence-corrected chi connectivity index (χ1v) is 20.5. The van der Waals surface area contributed by atoms with E-state index in [9.17, 15) is 4.79 Å². The summed E-state index contributed by atoms with van der Waals surface area (Å²) in [6, 6.07) is 52.3. The number of benzene rings is 6. The van der Waals surface area contributed by atoms with Crippen LogP contribution in [0.4, 0.5) is 11.4 Å². The van der Waals surface area contributed by atoms with E-state index in [2.05, 4.69) is 0 Å². The quantitative estimate of drug-likeness (QED) is 0.112. The van der Waals surface area contributed by atoms with Gasteiger partial charge in [0.25, 0.3) is 11.8 Å². The van der Waals surface area contributed by atoms with E-state index in [0.29, 0.717) is 45.3 Å². The topological polar surface area (TPSA) is 91.7 Å². The highest BCUT2D eigenvalue weighted by Gasteiger charge is 2.72. The predicted octanol–water partition coefficient (Wildman–Crippen LogP) is 9.60. The number of thiocarbonyl (C=S) groups is 1. The summed E-state index contributed by atoms with van der Waals surface area (Å²) in [6.07, 6.45) is 2.02. The number of ether oxygens (including phenoxy) is 2. The van der Waals surface area contributed by atoms with Crippen molar-refractivity contribution in [2.45, 2.75) is 24.8 Å². The van der Waals surface area contributed by atoms with Crippen LogP contribution in [0.5, 0.6) is 11.5 Å². The molecule has 61 heavy (non-hydrogen) atoms. The Morgan fingerprint density at radius 3 is 1.56 bits per heavy atom. The molecule has 9 nitrogen and oxygen atoms in total. The van der Waals surface area contributed by atoms with Crippen LogP contribution >= 0.6 is 12.2 Å². The first-order chi connectivity index (χ1) is 29.8. The molecule has 0 aromatic heterocycles. The number of hydrogen-bond donors (Lipinski definition) is 0. The Morgan fingerprint density at radius 2 is 1.08 bits per heavy atom. The van der Waals surface area contributed by atoms with Gasteiger partial charge in [-0.05, 0) is 94.7 Å². The van der Waals surface area contributed by atoms with Gasteiger partial charge in [0.1, 0.15) is 16.9 Å². The number of hydrazone groups is 1. The Morgan fingerprint density at radius 1 is 0.623 bits per heavy atom. The molecule has 302 valence electrons. The van der Waals surface area contributed by atoms with E-state index in [0.717, 1.165) is 11.1 Å². The van der Waals surface area contributed by atoms with Crippen molar-refractivity contribution < 1.29 is 23.9 Å². The predicted molar refractivity (Wildman–Crippen MR) is 241 cm³/mol. The molecule has 2 fully saturated rings. The number of nitrogens with zero attached hydrogens (tertiary/aromatic N) is 4. The Balaban J connectivity index is 1.47. The monoisotopic (exact) mass is 822 g/mol. The van der Waals surface area contributed by atoms with Crippen molar-refractivity contribution in [3.63, 3.8) is 0 Å². The number of fused-ring (bicyclic) bond motifs is 1. The Hall–Kier alpha value is -7.17. The van der Waals surface area contributed by atoms with Crippen molar-refractivity contribution >= 4 is 58.2 Å². The van der Waals surface area contributed by atoms with Gasteiger partial charge < -0.3 is 9.47 Å². The fourth-order valence-electron chi connectivity index (χ4n) is 9.52. The molecule has 6 aromatic carbocycles. The first-order valence-electron chi connectivity index (χ1n) is 20.1. The van der Waals surface area contributed by atoms with Crippen LogP contribution in [-0.4, -0.2) is 47.8 Å². The molecule has 0 bridgehead atoms. The van der Waals surface area contributed by atoms with Gasteiger partial charge in [-0.15, -0.1) is 0 Å². The van der Waals surface area contributed by atoms with Gasteiger partial charge in [0.2, 0.25) is 5.91 Å². The molecule has 9 rings (SSSR count). The van der Waals surface area contributed by atoms with Gasteiger partial charge in [0.05, 0.1) is 37.3 Å². The molecule has 2 aliphatic heterocycles. The maximum atomic E-state index is 16.8. The van der Waals surface area contributed by atoms with Crippen molar-refractivity contribution in [2.24, 2.45) is 16.4 Å². The first kappa shape index (κ1) is 39.3. The van der Waals surface area contributed by atoms with Crippen molar-refractivity contribution in [1.29, 1.82) is 0 Å². The van der Waals surface area contributed by atoms with Gasteiger partial charge in [0.15, 0.2) is 5.11 Å². The molecule has 0 N–H and O–H groups in total. The Kier molecular flexibility index (Phi) is 10.4.